The van der Waals surface area contributed by atoms with Gasteiger partial charge in [0.1, 0.15) is 0 Å². The van der Waals surface area contributed by atoms with Crippen LogP contribution in [0.1, 0.15) is 32.3 Å². The SMILES string of the molecule is CC(C)[C@H](N)C(=O)NCC(=O)NCC(=O)N1CCC(Cc2ccccc2)CC1.Cl. The second-order valence-electron chi connectivity index (χ2n) is 7.78. The smallest absolute Gasteiger partial charge is 0.241 e. The van der Waals surface area contributed by atoms with Gasteiger partial charge >= 0.3 is 0 Å². The molecule has 162 valence electrons. The Hall–Kier alpha value is -2.12. The van der Waals surface area contributed by atoms with Gasteiger partial charge in [0.2, 0.25) is 17.7 Å². The maximum absolute atomic E-state index is 12.3. The van der Waals surface area contributed by atoms with Crippen molar-refractivity contribution in [2.45, 2.75) is 39.2 Å². The average molecular weight is 425 g/mol. The molecular weight excluding hydrogens is 392 g/mol. The largest absolute Gasteiger partial charge is 0.346 e. The number of rotatable bonds is 8. The highest BCUT2D eigenvalue weighted by atomic mass is 35.5. The van der Waals surface area contributed by atoms with Gasteiger partial charge in [-0.05, 0) is 36.7 Å². The summed E-state index contributed by atoms with van der Waals surface area (Å²) in [7, 11) is 0. The summed E-state index contributed by atoms with van der Waals surface area (Å²) < 4.78 is 0. The molecule has 1 aliphatic rings. The first-order valence-electron chi connectivity index (χ1n) is 9.98. The number of likely N-dealkylation sites (tertiary alicyclic amines) is 1. The van der Waals surface area contributed by atoms with E-state index in [1.54, 1.807) is 4.90 Å². The molecule has 1 fully saturated rings. The molecule has 2 rings (SSSR count). The second kappa shape index (κ2) is 12.4. The normalized spacial score (nSPS) is 15.4. The third kappa shape index (κ3) is 8.41. The number of piperidine rings is 1. The van der Waals surface area contributed by atoms with E-state index in [1.165, 1.54) is 5.56 Å². The molecule has 1 saturated heterocycles. The van der Waals surface area contributed by atoms with Gasteiger partial charge in [-0.25, -0.2) is 0 Å². The van der Waals surface area contributed by atoms with Gasteiger partial charge in [0, 0.05) is 13.1 Å². The lowest BCUT2D eigenvalue weighted by Gasteiger charge is -2.32. The topological polar surface area (TPSA) is 105 Å². The molecule has 7 nitrogen and oxygen atoms in total. The van der Waals surface area contributed by atoms with Crippen molar-refractivity contribution < 1.29 is 14.4 Å². The summed E-state index contributed by atoms with van der Waals surface area (Å²) in [6, 6.07) is 9.75. The number of halogens is 1. The van der Waals surface area contributed by atoms with Crippen molar-refractivity contribution in [2.24, 2.45) is 17.6 Å². The molecule has 1 aromatic carbocycles. The van der Waals surface area contributed by atoms with Gasteiger partial charge in [-0.2, -0.15) is 0 Å². The summed E-state index contributed by atoms with van der Waals surface area (Å²) in [5, 5.41) is 5.06. The van der Waals surface area contributed by atoms with Crippen LogP contribution in [0.25, 0.3) is 0 Å². The highest BCUT2D eigenvalue weighted by Crippen LogP contribution is 2.21. The summed E-state index contributed by atoms with van der Waals surface area (Å²) in [6.07, 6.45) is 2.98. The van der Waals surface area contributed by atoms with Crippen LogP contribution < -0.4 is 16.4 Å². The molecule has 0 bridgehead atoms. The van der Waals surface area contributed by atoms with Gasteiger partial charge in [0.05, 0.1) is 19.1 Å². The van der Waals surface area contributed by atoms with Crippen LogP contribution in [-0.4, -0.2) is 54.8 Å². The summed E-state index contributed by atoms with van der Waals surface area (Å²) in [5.41, 5.74) is 7.05. The summed E-state index contributed by atoms with van der Waals surface area (Å²) >= 11 is 0. The molecule has 1 atom stereocenters. The highest BCUT2D eigenvalue weighted by Gasteiger charge is 2.23. The van der Waals surface area contributed by atoms with E-state index < -0.39 is 11.9 Å². The van der Waals surface area contributed by atoms with Crippen molar-refractivity contribution in [1.82, 2.24) is 15.5 Å². The standard InChI is InChI=1S/C21H32N4O3.ClH/c1-15(2)20(22)21(28)24-13-18(26)23-14-19(27)25-10-8-17(9-11-25)12-16-6-4-3-5-7-16;/h3-7,15,17,20H,8-14,22H2,1-2H3,(H,23,26)(H,24,28);1H/t20-;/m0./s1. The fourth-order valence-electron chi connectivity index (χ4n) is 3.27. The predicted molar refractivity (Wildman–Crippen MR) is 116 cm³/mol. The second-order valence-corrected chi connectivity index (χ2v) is 7.78. The van der Waals surface area contributed by atoms with E-state index in [2.05, 4.69) is 34.9 Å². The zero-order valence-corrected chi connectivity index (χ0v) is 18.0. The lowest BCUT2D eigenvalue weighted by molar-refractivity contribution is -0.134. The Morgan fingerprint density at radius 1 is 1.07 bits per heavy atom. The molecule has 1 aromatic rings. The lowest BCUT2D eigenvalue weighted by atomic mass is 9.90. The van der Waals surface area contributed by atoms with E-state index in [0.717, 1.165) is 19.3 Å². The van der Waals surface area contributed by atoms with Gasteiger partial charge < -0.3 is 21.3 Å². The number of nitrogens with one attached hydrogen (secondary N) is 2. The molecule has 0 radical (unpaired) electrons. The first-order valence-corrected chi connectivity index (χ1v) is 9.98. The van der Waals surface area contributed by atoms with Crippen LogP contribution in [0.2, 0.25) is 0 Å². The fourth-order valence-corrected chi connectivity index (χ4v) is 3.27. The van der Waals surface area contributed by atoms with Crippen molar-refractivity contribution >= 4 is 30.1 Å². The Balaban J connectivity index is 0.00000420. The van der Waals surface area contributed by atoms with Gasteiger partial charge in [0.25, 0.3) is 0 Å². The van der Waals surface area contributed by atoms with Crippen molar-refractivity contribution in [3.8, 4) is 0 Å². The minimum atomic E-state index is -0.647. The summed E-state index contributed by atoms with van der Waals surface area (Å²) in [6.45, 7) is 4.89. The van der Waals surface area contributed by atoms with Crippen LogP contribution in [0.15, 0.2) is 30.3 Å². The number of hydrogen-bond donors (Lipinski definition) is 3. The molecule has 4 N–H and O–H groups in total. The summed E-state index contributed by atoms with van der Waals surface area (Å²) in [5.74, 6) is -0.263. The average Bonchev–Trinajstić information content (AvgIpc) is 2.70. The van der Waals surface area contributed by atoms with Crippen LogP contribution in [0.4, 0.5) is 0 Å². The monoisotopic (exact) mass is 424 g/mol. The molecule has 1 aliphatic heterocycles. The van der Waals surface area contributed by atoms with Crippen LogP contribution in [0.3, 0.4) is 0 Å². The first kappa shape index (κ1) is 24.9. The van der Waals surface area contributed by atoms with Gasteiger partial charge in [-0.1, -0.05) is 44.2 Å². The highest BCUT2D eigenvalue weighted by molar-refractivity contribution is 5.89. The molecule has 1 heterocycles. The van der Waals surface area contributed by atoms with Crippen LogP contribution in [0.5, 0.6) is 0 Å². The molecule has 3 amide bonds. The quantitative estimate of drug-likeness (QED) is 0.581. The Morgan fingerprint density at radius 3 is 2.28 bits per heavy atom. The van der Waals surface area contributed by atoms with Crippen molar-refractivity contribution in [3.05, 3.63) is 35.9 Å². The minimum absolute atomic E-state index is 0. The number of benzene rings is 1. The minimum Gasteiger partial charge on any atom is -0.346 e. The number of carbonyl (C=O) groups is 3. The molecule has 0 unspecified atom stereocenters. The zero-order valence-electron chi connectivity index (χ0n) is 17.2. The predicted octanol–water partition coefficient (Wildman–Crippen LogP) is 1.11. The van der Waals surface area contributed by atoms with Crippen molar-refractivity contribution in [1.29, 1.82) is 0 Å². The maximum atomic E-state index is 12.3. The number of nitrogens with zero attached hydrogens (tertiary/aromatic N) is 1. The molecule has 0 saturated carbocycles. The Morgan fingerprint density at radius 2 is 1.69 bits per heavy atom. The number of nitrogens with two attached hydrogens (primary N) is 1. The summed E-state index contributed by atoms with van der Waals surface area (Å²) in [4.78, 5) is 37.7. The Kier molecular flexibility index (Phi) is 10.7. The molecule has 29 heavy (non-hydrogen) atoms. The first-order chi connectivity index (χ1) is 13.4. The van der Waals surface area contributed by atoms with E-state index in [0.29, 0.717) is 19.0 Å². The van der Waals surface area contributed by atoms with E-state index in [4.69, 9.17) is 5.73 Å². The third-order valence-electron chi connectivity index (χ3n) is 5.22. The number of carbonyl (C=O) groups excluding carboxylic acids is 3. The number of hydrogen-bond acceptors (Lipinski definition) is 4. The molecular formula is C21H33ClN4O3. The number of amides is 3. The van der Waals surface area contributed by atoms with Gasteiger partial charge in [-0.15, -0.1) is 12.4 Å². The zero-order chi connectivity index (χ0) is 20.5. The van der Waals surface area contributed by atoms with E-state index in [1.807, 2.05) is 19.9 Å². The molecule has 0 spiro atoms. The van der Waals surface area contributed by atoms with Crippen molar-refractivity contribution in [2.75, 3.05) is 26.2 Å². The van der Waals surface area contributed by atoms with E-state index in [9.17, 15) is 14.4 Å². The third-order valence-corrected chi connectivity index (χ3v) is 5.22. The maximum Gasteiger partial charge on any atom is 0.241 e. The van der Waals surface area contributed by atoms with Crippen LogP contribution >= 0.6 is 12.4 Å². The lowest BCUT2D eigenvalue weighted by Crippen LogP contribution is -2.49. The van der Waals surface area contributed by atoms with Crippen LogP contribution in [0, 0.1) is 11.8 Å². The Labute approximate surface area is 179 Å². The van der Waals surface area contributed by atoms with E-state index >= 15 is 0 Å². The molecule has 0 aromatic heterocycles. The van der Waals surface area contributed by atoms with Gasteiger partial charge in [0.15, 0.2) is 0 Å². The van der Waals surface area contributed by atoms with Crippen molar-refractivity contribution in [3.63, 3.8) is 0 Å². The van der Waals surface area contributed by atoms with E-state index in [-0.39, 0.29) is 43.2 Å². The molecule has 8 heteroatoms. The Bertz CT molecular complexity index is 661. The van der Waals surface area contributed by atoms with Crippen LogP contribution in [-0.2, 0) is 20.8 Å². The fraction of sp³-hybridized carbons (Fsp3) is 0.571. The molecule has 0 aliphatic carbocycles. The van der Waals surface area contributed by atoms with Gasteiger partial charge in [-0.3, -0.25) is 14.4 Å².